The number of non-ortho nitro benzene ring substituents is 1. The van der Waals surface area contributed by atoms with Crippen molar-refractivity contribution in [2.75, 3.05) is 26.4 Å². The molecular formula is C17H26N2O4. The summed E-state index contributed by atoms with van der Waals surface area (Å²) in [6.45, 7) is 4.29. The Kier molecular flexibility index (Phi) is 6.50. The van der Waals surface area contributed by atoms with Gasteiger partial charge in [0.2, 0.25) is 0 Å². The number of nitrogens with zero attached hydrogens (tertiary/aromatic N) is 1. The van der Waals surface area contributed by atoms with Gasteiger partial charge in [-0.2, -0.15) is 0 Å². The van der Waals surface area contributed by atoms with Crippen LogP contribution in [0.3, 0.4) is 0 Å². The molecule has 1 aliphatic rings. The van der Waals surface area contributed by atoms with Gasteiger partial charge in [-0.1, -0.05) is 25.5 Å². The highest BCUT2D eigenvalue weighted by Gasteiger charge is 2.32. The van der Waals surface area contributed by atoms with E-state index in [1.54, 1.807) is 12.1 Å². The number of benzene rings is 1. The standard InChI is InChI=1S/C17H26N2O4/c1-2-4-16(14-5-3-6-15(11-14)19(21)22)18-12-17(13-20)7-9-23-10-8-17/h3,5-6,11,16,18,20H,2,4,7-10,12-13H2,1H3. The van der Waals surface area contributed by atoms with Gasteiger partial charge in [-0.25, -0.2) is 0 Å². The van der Waals surface area contributed by atoms with E-state index in [1.165, 1.54) is 6.07 Å². The van der Waals surface area contributed by atoms with Crippen molar-refractivity contribution < 1.29 is 14.8 Å². The van der Waals surface area contributed by atoms with Crippen molar-refractivity contribution in [1.82, 2.24) is 5.32 Å². The molecule has 0 saturated carbocycles. The zero-order chi connectivity index (χ0) is 16.7. The molecule has 1 fully saturated rings. The van der Waals surface area contributed by atoms with Gasteiger partial charge in [0.15, 0.2) is 0 Å². The highest BCUT2D eigenvalue weighted by Crippen LogP contribution is 2.31. The number of rotatable bonds is 8. The van der Waals surface area contributed by atoms with E-state index in [2.05, 4.69) is 12.2 Å². The predicted molar refractivity (Wildman–Crippen MR) is 88.3 cm³/mol. The van der Waals surface area contributed by atoms with Crippen molar-refractivity contribution >= 4 is 5.69 Å². The third-order valence-electron chi connectivity index (χ3n) is 4.67. The Morgan fingerprint density at radius 1 is 1.43 bits per heavy atom. The molecule has 0 amide bonds. The molecule has 0 aromatic heterocycles. The fraction of sp³-hybridized carbons (Fsp3) is 0.647. The first-order valence-corrected chi connectivity index (χ1v) is 8.26. The molecule has 6 nitrogen and oxygen atoms in total. The zero-order valence-electron chi connectivity index (χ0n) is 13.7. The molecule has 0 radical (unpaired) electrons. The van der Waals surface area contributed by atoms with Crippen molar-refractivity contribution in [2.45, 2.75) is 38.6 Å². The molecule has 128 valence electrons. The molecule has 6 heteroatoms. The molecule has 1 unspecified atom stereocenters. The van der Waals surface area contributed by atoms with E-state index >= 15 is 0 Å². The van der Waals surface area contributed by atoms with Gasteiger partial charge in [-0.15, -0.1) is 0 Å². The Bertz CT molecular complexity index is 515. The average Bonchev–Trinajstić information content (AvgIpc) is 2.59. The number of aliphatic hydroxyl groups is 1. The lowest BCUT2D eigenvalue weighted by molar-refractivity contribution is -0.384. The number of nitro benzene ring substituents is 1. The second-order valence-electron chi connectivity index (χ2n) is 6.34. The molecule has 1 saturated heterocycles. The number of ether oxygens (including phenoxy) is 1. The summed E-state index contributed by atoms with van der Waals surface area (Å²) in [5.74, 6) is 0. The van der Waals surface area contributed by atoms with Crippen LogP contribution in [0.25, 0.3) is 0 Å². The maximum absolute atomic E-state index is 11.0. The number of hydrogen-bond donors (Lipinski definition) is 2. The molecule has 1 heterocycles. The topological polar surface area (TPSA) is 84.6 Å². The quantitative estimate of drug-likeness (QED) is 0.568. The monoisotopic (exact) mass is 322 g/mol. The summed E-state index contributed by atoms with van der Waals surface area (Å²) >= 11 is 0. The van der Waals surface area contributed by atoms with Crippen molar-refractivity contribution in [3.63, 3.8) is 0 Å². The summed E-state index contributed by atoms with van der Waals surface area (Å²) in [5, 5.41) is 24.3. The van der Waals surface area contributed by atoms with Gasteiger partial charge in [0.05, 0.1) is 11.5 Å². The molecule has 23 heavy (non-hydrogen) atoms. The van der Waals surface area contributed by atoms with Crippen LogP contribution < -0.4 is 5.32 Å². The fourth-order valence-electron chi connectivity index (χ4n) is 3.07. The second-order valence-corrected chi connectivity index (χ2v) is 6.34. The first-order valence-electron chi connectivity index (χ1n) is 8.26. The third-order valence-corrected chi connectivity index (χ3v) is 4.67. The predicted octanol–water partition coefficient (Wildman–Crippen LogP) is 2.81. The van der Waals surface area contributed by atoms with Gasteiger partial charge in [0.25, 0.3) is 5.69 Å². The van der Waals surface area contributed by atoms with Crippen LogP contribution in [0, 0.1) is 15.5 Å². The van der Waals surface area contributed by atoms with Gasteiger partial charge < -0.3 is 15.2 Å². The molecule has 1 atom stereocenters. The largest absolute Gasteiger partial charge is 0.396 e. The zero-order valence-corrected chi connectivity index (χ0v) is 13.7. The molecule has 0 aliphatic carbocycles. The van der Waals surface area contributed by atoms with E-state index < -0.39 is 0 Å². The van der Waals surface area contributed by atoms with Crippen LogP contribution in [0.2, 0.25) is 0 Å². The molecular weight excluding hydrogens is 296 g/mol. The smallest absolute Gasteiger partial charge is 0.269 e. The molecule has 2 rings (SSSR count). The highest BCUT2D eigenvalue weighted by molar-refractivity contribution is 5.35. The Morgan fingerprint density at radius 2 is 2.17 bits per heavy atom. The number of hydrogen-bond acceptors (Lipinski definition) is 5. The summed E-state index contributed by atoms with van der Waals surface area (Å²) in [5.41, 5.74) is 0.903. The van der Waals surface area contributed by atoms with Gasteiger partial charge in [0.1, 0.15) is 0 Å². The molecule has 0 bridgehead atoms. The summed E-state index contributed by atoms with van der Waals surface area (Å²) in [4.78, 5) is 10.6. The molecule has 0 spiro atoms. The minimum Gasteiger partial charge on any atom is -0.396 e. The van der Waals surface area contributed by atoms with Gasteiger partial charge in [-0.05, 0) is 24.8 Å². The molecule has 1 aromatic rings. The minimum absolute atomic E-state index is 0.0613. The molecule has 1 aliphatic heterocycles. The van der Waals surface area contributed by atoms with Gasteiger partial charge >= 0.3 is 0 Å². The first-order chi connectivity index (χ1) is 11.1. The summed E-state index contributed by atoms with van der Waals surface area (Å²) in [6, 6.07) is 6.87. The third kappa shape index (κ3) is 4.73. The van der Waals surface area contributed by atoms with Crippen LogP contribution >= 0.6 is 0 Å². The molecule has 2 N–H and O–H groups in total. The lowest BCUT2D eigenvalue weighted by Crippen LogP contribution is -2.43. The van der Waals surface area contributed by atoms with Crippen molar-refractivity contribution in [2.24, 2.45) is 5.41 Å². The van der Waals surface area contributed by atoms with Crippen LogP contribution in [-0.4, -0.2) is 36.4 Å². The highest BCUT2D eigenvalue weighted by atomic mass is 16.6. The van der Waals surface area contributed by atoms with Crippen LogP contribution in [0.5, 0.6) is 0 Å². The van der Waals surface area contributed by atoms with Crippen LogP contribution in [0.15, 0.2) is 24.3 Å². The Hall–Kier alpha value is -1.50. The number of aliphatic hydroxyl groups excluding tert-OH is 1. The summed E-state index contributed by atoms with van der Waals surface area (Å²) < 4.78 is 5.39. The maximum Gasteiger partial charge on any atom is 0.269 e. The van der Waals surface area contributed by atoms with Gasteiger partial charge in [0, 0.05) is 43.3 Å². The van der Waals surface area contributed by atoms with Crippen LogP contribution in [-0.2, 0) is 4.74 Å². The van der Waals surface area contributed by atoms with Crippen molar-refractivity contribution in [3.8, 4) is 0 Å². The minimum atomic E-state index is -0.361. The molecule has 1 aromatic carbocycles. The van der Waals surface area contributed by atoms with Crippen LogP contribution in [0.4, 0.5) is 5.69 Å². The van der Waals surface area contributed by atoms with Crippen LogP contribution in [0.1, 0.15) is 44.2 Å². The normalized spacial score (nSPS) is 18.5. The first kappa shape index (κ1) is 17.8. The SMILES string of the molecule is CCCC(NCC1(CO)CCOCC1)c1cccc([N+](=O)[O-])c1. The summed E-state index contributed by atoms with van der Waals surface area (Å²) in [6.07, 6.45) is 3.56. The Balaban J connectivity index is 2.09. The fourth-order valence-corrected chi connectivity index (χ4v) is 3.07. The van der Waals surface area contributed by atoms with E-state index in [0.717, 1.165) is 31.2 Å². The number of nitro groups is 1. The maximum atomic E-state index is 11.0. The lowest BCUT2D eigenvalue weighted by Gasteiger charge is -2.37. The van der Waals surface area contributed by atoms with E-state index in [9.17, 15) is 15.2 Å². The van der Waals surface area contributed by atoms with Crippen molar-refractivity contribution in [3.05, 3.63) is 39.9 Å². The van der Waals surface area contributed by atoms with E-state index in [0.29, 0.717) is 19.8 Å². The van der Waals surface area contributed by atoms with E-state index in [-0.39, 0.29) is 28.7 Å². The van der Waals surface area contributed by atoms with E-state index in [1.807, 2.05) is 6.07 Å². The number of nitrogens with one attached hydrogen (secondary N) is 1. The second kappa shape index (κ2) is 8.38. The van der Waals surface area contributed by atoms with E-state index in [4.69, 9.17) is 4.74 Å². The Morgan fingerprint density at radius 3 is 2.78 bits per heavy atom. The summed E-state index contributed by atoms with van der Waals surface area (Å²) in [7, 11) is 0. The van der Waals surface area contributed by atoms with Crippen molar-refractivity contribution in [1.29, 1.82) is 0 Å². The Labute approximate surface area is 137 Å². The lowest BCUT2D eigenvalue weighted by atomic mass is 9.80. The average molecular weight is 322 g/mol. The van der Waals surface area contributed by atoms with Gasteiger partial charge in [-0.3, -0.25) is 10.1 Å².